The molecule has 0 aliphatic heterocycles. The Morgan fingerprint density at radius 1 is 0.679 bits per heavy atom. The van der Waals surface area contributed by atoms with E-state index in [1.165, 1.54) is 96.3 Å². The predicted octanol–water partition coefficient (Wildman–Crippen LogP) is 7.92. The van der Waals surface area contributed by atoms with Gasteiger partial charge in [-0.3, -0.25) is 0 Å². The molecule has 2 N–H and O–H groups in total. The Morgan fingerprint density at radius 2 is 1.14 bits per heavy atom. The third kappa shape index (κ3) is 12.9. The zero-order valence-electron chi connectivity index (χ0n) is 18.6. The highest BCUT2D eigenvalue weighted by Gasteiger charge is 2.02. The molecule has 0 saturated carbocycles. The molecule has 0 bridgehead atoms. The van der Waals surface area contributed by atoms with Gasteiger partial charge in [-0.15, -0.1) is 0 Å². The number of nitrogens with two attached hydrogens (primary N) is 1. The van der Waals surface area contributed by atoms with Gasteiger partial charge in [-0.2, -0.15) is 0 Å². The topological polar surface area (TPSA) is 44.5 Å². The van der Waals surface area contributed by atoms with Gasteiger partial charge in [-0.05, 0) is 18.6 Å². The molecule has 0 radical (unpaired) electrons. The minimum Gasteiger partial charge on any atom is -0.497 e. The Balaban J connectivity index is 1.81. The fourth-order valence-corrected chi connectivity index (χ4v) is 3.62. The number of benzene rings is 1. The number of methoxy groups -OCH3 is 1. The van der Waals surface area contributed by atoms with Crippen molar-refractivity contribution in [3.63, 3.8) is 0 Å². The van der Waals surface area contributed by atoms with Gasteiger partial charge in [-0.1, -0.05) is 103 Å². The Bertz CT molecular complexity index is 476. The molecule has 0 fully saturated rings. The molecule has 1 aromatic carbocycles. The third-order valence-corrected chi connectivity index (χ3v) is 5.47. The average molecular weight is 392 g/mol. The first-order valence-electron chi connectivity index (χ1n) is 11.8. The van der Waals surface area contributed by atoms with E-state index in [4.69, 9.17) is 15.2 Å². The van der Waals surface area contributed by atoms with Crippen LogP contribution in [0.2, 0.25) is 0 Å². The van der Waals surface area contributed by atoms with E-state index < -0.39 is 0 Å². The van der Waals surface area contributed by atoms with Crippen LogP contribution in [0.4, 0.5) is 5.69 Å². The first-order valence-corrected chi connectivity index (χ1v) is 11.8. The Hall–Kier alpha value is -1.38. The summed E-state index contributed by atoms with van der Waals surface area (Å²) < 4.78 is 10.9. The molecular formula is C25H45NO2. The smallest absolute Gasteiger partial charge is 0.142 e. The van der Waals surface area contributed by atoms with Crippen molar-refractivity contribution < 1.29 is 9.47 Å². The van der Waals surface area contributed by atoms with Crippen LogP contribution in [0.3, 0.4) is 0 Å². The van der Waals surface area contributed by atoms with E-state index in [2.05, 4.69) is 6.92 Å². The van der Waals surface area contributed by atoms with Crippen LogP contribution in [0.25, 0.3) is 0 Å². The number of anilines is 1. The lowest BCUT2D eigenvalue weighted by atomic mass is 10.0. The molecule has 1 aromatic rings. The van der Waals surface area contributed by atoms with Crippen LogP contribution in [-0.4, -0.2) is 13.7 Å². The van der Waals surface area contributed by atoms with Crippen LogP contribution in [-0.2, 0) is 0 Å². The van der Waals surface area contributed by atoms with Gasteiger partial charge >= 0.3 is 0 Å². The molecule has 0 heterocycles. The second kappa shape index (κ2) is 17.7. The molecule has 28 heavy (non-hydrogen) atoms. The van der Waals surface area contributed by atoms with Gasteiger partial charge in [0.25, 0.3) is 0 Å². The second-order valence-electron chi connectivity index (χ2n) is 8.06. The summed E-state index contributed by atoms with van der Waals surface area (Å²) in [6.45, 7) is 3.03. The maximum Gasteiger partial charge on any atom is 0.142 e. The van der Waals surface area contributed by atoms with Gasteiger partial charge < -0.3 is 15.2 Å². The van der Waals surface area contributed by atoms with Crippen molar-refractivity contribution in [2.24, 2.45) is 0 Å². The molecule has 162 valence electrons. The van der Waals surface area contributed by atoms with Crippen LogP contribution in [0.1, 0.15) is 110 Å². The summed E-state index contributed by atoms with van der Waals surface area (Å²) in [5, 5.41) is 0. The summed E-state index contributed by atoms with van der Waals surface area (Å²) >= 11 is 0. The fraction of sp³-hybridized carbons (Fsp3) is 0.760. The van der Waals surface area contributed by atoms with Gasteiger partial charge in [0.05, 0.1) is 19.4 Å². The van der Waals surface area contributed by atoms with E-state index in [1.54, 1.807) is 7.11 Å². The number of hydrogen-bond acceptors (Lipinski definition) is 3. The zero-order chi connectivity index (χ0) is 20.3. The first-order chi connectivity index (χ1) is 13.8. The van der Waals surface area contributed by atoms with Gasteiger partial charge in [0.1, 0.15) is 11.5 Å². The quantitative estimate of drug-likeness (QED) is 0.192. The number of nitrogen functional groups attached to an aromatic ring is 1. The number of ether oxygens (including phenoxy) is 2. The standard InChI is InChI=1S/C25H45NO2/c1-3-4-5-6-7-8-9-10-11-12-13-14-15-16-17-18-21-28-25-20-19-23(27-2)22-24(25)26/h19-20,22H,3-18,21,26H2,1-2H3. The highest BCUT2D eigenvalue weighted by Crippen LogP contribution is 2.26. The minimum absolute atomic E-state index is 0.649. The summed E-state index contributed by atoms with van der Waals surface area (Å²) in [4.78, 5) is 0. The van der Waals surface area contributed by atoms with Crippen LogP contribution in [0.15, 0.2) is 18.2 Å². The van der Waals surface area contributed by atoms with E-state index in [0.717, 1.165) is 24.5 Å². The van der Waals surface area contributed by atoms with Crippen molar-refractivity contribution >= 4 is 5.69 Å². The summed E-state index contributed by atoms with van der Waals surface area (Å²) in [6, 6.07) is 5.59. The molecule has 0 aliphatic rings. The number of unbranched alkanes of at least 4 members (excludes halogenated alkanes) is 15. The molecule has 1 rings (SSSR count). The highest BCUT2D eigenvalue weighted by molar-refractivity contribution is 5.56. The van der Waals surface area contributed by atoms with Crippen LogP contribution < -0.4 is 15.2 Å². The van der Waals surface area contributed by atoms with E-state index >= 15 is 0 Å². The van der Waals surface area contributed by atoms with Crippen molar-refractivity contribution in [1.29, 1.82) is 0 Å². The van der Waals surface area contributed by atoms with E-state index in [-0.39, 0.29) is 0 Å². The summed E-state index contributed by atoms with van der Waals surface area (Å²) in [7, 11) is 1.64. The van der Waals surface area contributed by atoms with Crippen molar-refractivity contribution in [2.45, 2.75) is 110 Å². The zero-order valence-corrected chi connectivity index (χ0v) is 18.6. The molecule has 0 aromatic heterocycles. The molecule has 0 unspecified atom stereocenters. The van der Waals surface area contributed by atoms with Gasteiger partial charge in [-0.25, -0.2) is 0 Å². The van der Waals surface area contributed by atoms with Gasteiger partial charge in [0.15, 0.2) is 0 Å². The first kappa shape index (κ1) is 24.7. The lowest BCUT2D eigenvalue weighted by molar-refractivity contribution is 0.305. The van der Waals surface area contributed by atoms with E-state index in [9.17, 15) is 0 Å². The molecule has 0 spiro atoms. The SMILES string of the molecule is CCCCCCCCCCCCCCCCCCOc1ccc(OC)cc1N. The lowest BCUT2D eigenvalue weighted by Gasteiger charge is -2.10. The second-order valence-corrected chi connectivity index (χ2v) is 8.06. The fourth-order valence-electron chi connectivity index (χ4n) is 3.62. The van der Waals surface area contributed by atoms with E-state index in [1.807, 2.05) is 18.2 Å². The molecular weight excluding hydrogens is 346 g/mol. The van der Waals surface area contributed by atoms with Gasteiger partial charge in [0, 0.05) is 6.07 Å². The summed E-state index contributed by atoms with van der Waals surface area (Å²) in [5.74, 6) is 1.54. The van der Waals surface area contributed by atoms with Crippen LogP contribution >= 0.6 is 0 Å². The molecule has 3 heteroatoms. The lowest BCUT2D eigenvalue weighted by Crippen LogP contribution is -2.00. The average Bonchev–Trinajstić information content (AvgIpc) is 2.71. The molecule has 0 amide bonds. The Morgan fingerprint density at radius 3 is 1.57 bits per heavy atom. The Labute approximate surface area is 174 Å². The van der Waals surface area contributed by atoms with Crippen molar-refractivity contribution in [3.05, 3.63) is 18.2 Å². The molecule has 0 saturated heterocycles. The number of rotatable bonds is 19. The maximum atomic E-state index is 5.96. The van der Waals surface area contributed by atoms with Gasteiger partial charge in [0.2, 0.25) is 0 Å². The van der Waals surface area contributed by atoms with Crippen molar-refractivity contribution in [2.75, 3.05) is 19.5 Å². The van der Waals surface area contributed by atoms with Crippen LogP contribution in [0, 0.1) is 0 Å². The highest BCUT2D eigenvalue weighted by atomic mass is 16.5. The third-order valence-electron chi connectivity index (χ3n) is 5.47. The van der Waals surface area contributed by atoms with Crippen LogP contribution in [0.5, 0.6) is 11.5 Å². The summed E-state index contributed by atoms with van der Waals surface area (Å²) in [5.41, 5.74) is 6.61. The van der Waals surface area contributed by atoms with Crippen molar-refractivity contribution in [3.8, 4) is 11.5 Å². The largest absolute Gasteiger partial charge is 0.497 e. The number of hydrogen-bond donors (Lipinski definition) is 1. The van der Waals surface area contributed by atoms with Crippen molar-refractivity contribution in [1.82, 2.24) is 0 Å². The molecule has 3 nitrogen and oxygen atoms in total. The molecule has 0 aliphatic carbocycles. The minimum atomic E-state index is 0.649. The monoisotopic (exact) mass is 391 g/mol. The summed E-state index contributed by atoms with van der Waals surface area (Å²) in [6.07, 6.45) is 22.2. The maximum absolute atomic E-state index is 5.96. The molecule has 0 atom stereocenters. The predicted molar refractivity (Wildman–Crippen MR) is 122 cm³/mol. The normalized spacial score (nSPS) is 10.9. The van der Waals surface area contributed by atoms with E-state index in [0.29, 0.717) is 5.69 Å². The Kier molecular flexibility index (Phi) is 15.6.